The quantitative estimate of drug-likeness (QED) is 0.159. The molecule has 11 rings (SSSR count). The molecular weight excluding hydrogens is 707 g/mol. The molecule has 0 N–H and O–H groups in total. The Morgan fingerprint density at radius 1 is 0.534 bits per heavy atom. The molecule has 0 saturated carbocycles. The zero-order valence-corrected chi connectivity index (χ0v) is 31.6. The van der Waals surface area contributed by atoms with Crippen LogP contribution in [0.5, 0.6) is 0 Å². The van der Waals surface area contributed by atoms with E-state index in [2.05, 4.69) is 157 Å². The lowest BCUT2D eigenvalue weighted by atomic mass is 9.84. The zero-order valence-electron chi connectivity index (χ0n) is 31.6. The fourth-order valence-corrected chi connectivity index (χ4v) is 8.97. The van der Waals surface area contributed by atoms with Gasteiger partial charge in [0.2, 0.25) is 0 Å². The molecule has 0 atom stereocenters. The summed E-state index contributed by atoms with van der Waals surface area (Å²) in [5.41, 5.74) is 11.9. The lowest BCUT2D eigenvalue weighted by Crippen LogP contribution is -2.19. The molecule has 272 valence electrons. The van der Waals surface area contributed by atoms with Gasteiger partial charge in [-0.15, -0.1) is 0 Å². The van der Waals surface area contributed by atoms with Crippen molar-refractivity contribution in [1.82, 2.24) is 4.98 Å². The van der Waals surface area contributed by atoms with Crippen molar-refractivity contribution in [3.8, 4) is 39.4 Å². The number of nitriles is 1. The first-order chi connectivity index (χ1) is 28.7. The molecule has 0 amide bonds. The highest BCUT2D eigenvalue weighted by Crippen LogP contribution is 2.47. The second-order valence-electron chi connectivity index (χ2n) is 14.9. The number of rotatable bonds is 6. The van der Waals surface area contributed by atoms with Gasteiger partial charge in [-0.3, -0.25) is 4.90 Å². The van der Waals surface area contributed by atoms with E-state index in [4.69, 9.17) is 9.40 Å². The number of hydrogen-bond acceptors (Lipinski definition) is 4. The van der Waals surface area contributed by atoms with Crippen LogP contribution in [0.3, 0.4) is 0 Å². The van der Waals surface area contributed by atoms with Gasteiger partial charge in [-0.2, -0.15) is 5.26 Å². The van der Waals surface area contributed by atoms with Crippen molar-refractivity contribution in [3.63, 3.8) is 0 Å². The second-order valence-corrected chi connectivity index (χ2v) is 14.9. The van der Waals surface area contributed by atoms with Crippen LogP contribution < -0.4 is 4.90 Å². The average molecular weight is 742 g/mol. The lowest BCUT2D eigenvalue weighted by molar-refractivity contribution is 0.542. The summed E-state index contributed by atoms with van der Waals surface area (Å²) in [6.45, 7) is 0. The van der Waals surface area contributed by atoms with Crippen LogP contribution in [0.15, 0.2) is 192 Å². The molecule has 0 fully saturated rings. The first kappa shape index (κ1) is 33.6. The molecule has 0 spiro atoms. The number of aromatic nitrogens is 1. The highest BCUT2D eigenvalue weighted by molar-refractivity contribution is 6.23. The van der Waals surface area contributed by atoms with E-state index in [1.807, 2.05) is 42.6 Å². The summed E-state index contributed by atoms with van der Waals surface area (Å²) in [5, 5.41) is 17.8. The van der Waals surface area contributed by atoms with Crippen molar-refractivity contribution < 1.29 is 4.42 Å². The molecule has 4 nitrogen and oxygen atoms in total. The standard InChI is InChI=1S/C54H35N3O/c55-34-35-19-21-36(22-20-35)37-23-26-40(27-24-37)57(52-18-7-8-31-56-52)41-28-30-51-49(33-41)48-32-39(25-29-50(48)58-51)53-44-13-3-5-15-46(44)54(47-16-6-4-14-45(47)53)43-17-9-11-38-10-1-2-12-42(38)43/h1-27,29,31-33H,28,30H2. The number of aryl methyl sites for hydroxylation is 1. The first-order valence-electron chi connectivity index (χ1n) is 19.7. The molecule has 0 bridgehead atoms. The van der Waals surface area contributed by atoms with E-state index in [0.29, 0.717) is 5.56 Å². The van der Waals surface area contributed by atoms with E-state index >= 15 is 0 Å². The highest BCUT2D eigenvalue weighted by Gasteiger charge is 2.25. The fraction of sp³-hybridized carbons (Fsp3) is 0.0370. The summed E-state index contributed by atoms with van der Waals surface area (Å²) in [5.74, 6) is 1.87. The van der Waals surface area contributed by atoms with Gasteiger partial charge in [0.15, 0.2) is 0 Å². The summed E-state index contributed by atoms with van der Waals surface area (Å²) < 4.78 is 6.60. The summed E-state index contributed by atoms with van der Waals surface area (Å²) in [6, 6.07) is 64.3. The molecule has 2 heterocycles. The summed E-state index contributed by atoms with van der Waals surface area (Å²) in [4.78, 5) is 7.09. The molecule has 0 radical (unpaired) electrons. The zero-order chi connectivity index (χ0) is 38.6. The van der Waals surface area contributed by atoms with E-state index < -0.39 is 0 Å². The van der Waals surface area contributed by atoms with Crippen LogP contribution >= 0.6 is 0 Å². The lowest BCUT2D eigenvalue weighted by Gasteiger charge is -2.28. The van der Waals surface area contributed by atoms with Crippen molar-refractivity contribution in [2.24, 2.45) is 0 Å². The van der Waals surface area contributed by atoms with Gasteiger partial charge in [0.25, 0.3) is 0 Å². The molecule has 0 aliphatic heterocycles. The summed E-state index contributed by atoms with van der Waals surface area (Å²) in [6.07, 6.45) is 5.74. The Morgan fingerprint density at radius 3 is 1.84 bits per heavy atom. The average Bonchev–Trinajstić information content (AvgIpc) is 3.66. The van der Waals surface area contributed by atoms with Gasteiger partial charge in [-0.05, 0) is 127 Å². The maximum Gasteiger partial charge on any atom is 0.137 e. The molecule has 8 aromatic carbocycles. The smallest absolute Gasteiger partial charge is 0.137 e. The number of anilines is 2. The molecule has 4 heteroatoms. The summed E-state index contributed by atoms with van der Waals surface area (Å²) in [7, 11) is 0. The van der Waals surface area contributed by atoms with Gasteiger partial charge < -0.3 is 4.42 Å². The van der Waals surface area contributed by atoms with Crippen molar-refractivity contribution in [1.29, 1.82) is 5.26 Å². The van der Waals surface area contributed by atoms with E-state index in [1.54, 1.807) is 0 Å². The SMILES string of the molecule is N#Cc1ccc(-c2ccc(N(C3=Cc4c(oc5ccc(-c6c7ccccc7c(-c7cccc8ccccc78)c7ccccc67)cc45)CC3)c3ccccn3)cc2)cc1. The molecule has 2 aromatic heterocycles. The minimum Gasteiger partial charge on any atom is -0.460 e. The molecule has 58 heavy (non-hydrogen) atoms. The summed E-state index contributed by atoms with van der Waals surface area (Å²) >= 11 is 0. The van der Waals surface area contributed by atoms with Gasteiger partial charge in [0.1, 0.15) is 17.2 Å². The maximum absolute atomic E-state index is 9.28. The van der Waals surface area contributed by atoms with E-state index in [-0.39, 0.29) is 0 Å². The number of nitrogens with zero attached hydrogens (tertiary/aromatic N) is 3. The second kappa shape index (κ2) is 13.8. The van der Waals surface area contributed by atoms with Gasteiger partial charge in [-0.25, -0.2) is 4.98 Å². The van der Waals surface area contributed by atoms with Crippen molar-refractivity contribution >= 4 is 60.9 Å². The molecule has 0 saturated heterocycles. The number of allylic oxidation sites excluding steroid dienone is 1. The molecule has 1 aliphatic carbocycles. The highest BCUT2D eigenvalue weighted by atomic mass is 16.3. The van der Waals surface area contributed by atoms with E-state index in [1.165, 1.54) is 49.0 Å². The van der Waals surface area contributed by atoms with Crippen molar-refractivity contribution in [3.05, 3.63) is 205 Å². The third kappa shape index (κ3) is 5.56. The van der Waals surface area contributed by atoms with Crippen LogP contribution in [0.4, 0.5) is 11.5 Å². The maximum atomic E-state index is 9.28. The Balaban J connectivity index is 1.06. The molecule has 0 unspecified atom stereocenters. The normalized spacial score (nSPS) is 12.4. The third-order valence-corrected chi connectivity index (χ3v) is 11.6. The van der Waals surface area contributed by atoms with Crippen LogP contribution in [0.2, 0.25) is 0 Å². The predicted molar refractivity (Wildman–Crippen MR) is 239 cm³/mol. The Morgan fingerprint density at radius 2 is 1.16 bits per heavy atom. The van der Waals surface area contributed by atoms with Crippen molar-refractivity contribution in [2.75, 3.05) is 4.90 Å². The topological polar surface area (TPSA) is 53.1 Å². The number of fused-ring (bicyclic) bond motifs is 6. The van der Waals surface area contributed by atoms with Crippen LogP contribution in [-0.2, 0) is 6.42 Å². The minimum absolute atomic E-state index is 0.653. The Kier molecular flexibility index (Phi) is 7.98. The number of pyridine rings is 1. The van der Waals surface area contributed by atoms with E-state index in [9.17, 15) is 5.26 Å². The van der Waals surface area contributed by atoms with Crippen LogP contribution in [0, 0.1) is 11.3 Å². The van der Waals surface area contributed by atoms with Crippen molar-refractivity contribution in [2.45, 2.75) is 12.8 Å². The minimum atomic E-state index is 0.653. The molecular formula is C54H35N3O. The van der Waals surface area contributed by atoms with Gasteiger partial charge in [0, 0.05) is 35.0 Å². The van der Waals surface area contributed by atoms with Gasteiger partial charge >= 0.3 is 0 Å². The van der Waals surface area contributed by atoms with E-state index in [0.717, 1.165) is 69.0 Å². The number of benzene rings is 8. The number of furan rings is 1. The Labute approximate surface area is 336 Å². The first-order valence-corrected chi connectivity index (χ1v) is 19.7. The van der Waals surface area contributed by atoms with Crippen LogP contribution in [0.1, 0.15) is 23.3 Å². The third-order valence-electron chi connectivity index (χ3n) is 11.6. The Bertz CT molecular complexity index is 3220. The Hall–Kier alpha value is -7.74. The van der Waals surface area contributed by atoms with Crippen LogP contribution in [0.25, 0.3) is 82.7 Å². The predicted octanol–water partition coefficient (Wildman–Crippen LogP) is 14.3. The molecule has 10 aromatic rings. The molecule has 1 aliphatic rings. The largest absolute Gasteiger partial charge is 0.460 e. The van der Waals surface area contributed by atoms with Gasteiger partial charge in [-0.1, -0.05) is 127 Å². The number of hydrogen-bond donors (Lipinski definition) is 0. The monoisotopic (exact) mass is 741 g/mol. The van der Waals surface area contributed by atoms with Gasteiger partial charge in [0.05, 0.1) is 11.6 Å². The van der Waals surface area contributed by atoms with Crippen LogP contribution in [-0.4, -0.2) is 4.98 Å². The fourth-order valence-electron chi connectivity index (χ4n) is 8.97.